The number of fused-ring (bicyclic) bond motifs is 2. The van der Waals surface area contributed by atoms with E-state index in [1.165, 1.54) is 13.4 Å². The van der Waals surface area contributed by atoms with E-state index in [2.05, 4.69) is 10.5 Å². The minimum atomic E-state index is -1.66. The van der Waals surface area contributed by atoms with Crippen LogP contribution in [0, 0.1) is 5.92 Å². The van der Waals surface area contributed by atoms with Gasteiger partial charge in [-0.25, -0.2) is 0 Å². The van der Waals surface area contributed by atoms with Gasteiger partial charge in [0.25, 0.3) is 11.5 Å². The van der Waals surface area contributed by atoms with Crippen molar-refractivity contribution in [2.45, 2.75) is 12.2 Å². The molecule has 1 aromatic heterocycles. The number of para-hydroxylation sites is 1. The van der Waals surface area contributed by atoms with Gasteiger partial charge in [-0.3, -0.25) is 9.59 Å². The number of benzene rings is 3. The summed E-state index contributed by atoms with van der Waals surface area (Å²) in [4.78, 5) is 33.1. The number of amides is 1. The Bertz CT molecular complexity index is 1510. The predicted molar refractivity (Wildman–Crippen MR) is 135 cm³/mol. The van der Waals surface area contributed by atoms with E-state index in [4.69, 9.17) is 18.7 Å². The lowest BCUT2D eigenvalue weighted by Crippen LogP contribution is -2.46. The highest BCUT2D eigenvalue weighted by molar-refractivity contribution is 6.24. The Balaban J connectivity index is 1.39. The average Bonchev–Trinajstić information content (AvgIpc) is 3.67. The van der Waals surface area contributed by atoms with Gasteiger partial charge in [0, 0.05) is 16.8 Å². The lowest BCUT2D eigenvalue weighted by Gasteiger charge is -2.26. The van der Waals surface area contributed by atoms with Crippen molar-refractivity contribution < 1.29 is 28.3 Å². The molecule has 2 unspecified atom stereocenters. The molecular weight excluding hydrogens is 472 g/mol. The zero-order valence-electron chi connectivity index (χ0n) is 19.8. The van der Waals surface area contributed by atoms with Crippen LogP contribution >= 0.6 is 0 Å². The number of hydrogen-bond donors (Lipinski definition) is 1. The van der Waals surface area contributed by atoms with E-state index in [9.17, 15) is 9.59 Å². The largest absolute Gasteiger partial charge is 0.493 e. The number of carbonyl (C=O) groups is 2. The summed E-state index contributed by atoms with van der Waals surface area (Å²) in [5.74, 6) is -0.888. The van der Waals surface area contributed by atoms with Crippen molar-refractivity contribution in [3.8, 4) is 11.5 Å². The third-order valence-corrected chi connectivity index (χ3v) is 6.60. The fourth-order valence-electron chi connectivity index (χ4n) is 4.82. The highest BCUT2D eigenvalue weighted by Gasteiger charge is 2.63. The van der Waals surface area contributed by atoms with Crippen molar-refractivity contribution in [1.82, 2.24) is 0 Å². The average molecular weight is 495 g/mol. The van der Waals surface area contributed by atoms with Crippen molar-refractivity contribution in [1.29, 1.82) is 0 Å². The molecule has 8 heteroatoms. The van der Waals surface area contributed by atoms with Gasteiger partial charge >= 0.3 is 0 Å². The smallest absolute Gasteiger partial charge is 0.277 e. The molecular formula is C29H22N2O6. The highest BCUT2D eigenvalue weighted by atomic mass is 16.7. The first kappa shape index (κ1) is 22.6. The molecule has 2 aliphatic rings. The van der Waals surface area contributed by atoms with E-state index >= 15 is 0 Å². The van der Waals surface area contributed by atoms with Crippen molar-refractivity contribution in [2.24, 2.45) is 11.1 Å². The number of oxime groups is 1. The van der Waals surface area contributed by atoms with E-state index in [0.29, 0.717) is 40.6 Å². The number of methoxy groups -OCH3 is 1. The molecule has 0 aliphatic carbocycles. The molecule has 0 saturated carbocycles. The van der Waals surface area contributed by atoms with Crippen LogP contribution in [0.25, 0.3) is 0 Å². The monoisotopic (exact) mass is 494 g/mol. The molecule has 1 spiro atoms. The van der Waals surface area contributed by atoms with E-state index < -0.39 is 23.2 Å². The standard InChI is InChI=1S/C29H22N2O6/c1-34-24-16-19(13-14-22(24)36-17-18-8-3-2-4-9-18)26-25(27(32)23-12-7-15-35-23)29(37-31-26)20-10-5-6-11-21(20)30-28(29)33/h2-16,25H,17H2,1H3,(H,30,33). The summed E-state index contributed by atoms with van der Waals surface area (Å²) in [7, 11) is 1.54. The fraction of sp³-hybridized carbons (Fsp3) is 0.138. The number of nitrogens with zero attached hydrogens (tertiary/aromatic N) is 1. The third kappa shape index (κ3) is 3.65. The van der Waals surface area contributed by atoms with Gasteiger partial charge in [0.05, 0.1) is 13.4 Å². The second kappa shape index (κ2) is 8.98. The number of furan rings is 1. The molecule has 3 aromatic carbocycles. The number of carbonyl (C=O) groups excluding carboxylic acids is 2. The number of Topliss-reactive ketones (excluding diaryl/α,β-unsaturated/α-hetero) is 1. The van der Waals surface area contributed by atoms with E-state index in [0.717, 1.165) is 5.56 Å². The number of nitrogens with one attached hydrogen (secondary N) is 1. The van der Waals surface area contributed by atoms with Crippen LogP contribution in [0.5, 0.6) is 11.5 Å². The molecule has 2 aliphatic heterocycles. The van der Waals surface area contributed by atoms with Gasteiger partial charge in [-0.15, -0.1) is 0 Å². The fourth-order valence-corrected chi connectivity index (χ4v) is 4.82. The van der Waals surface area contributed by atoms with E-state index in [1.54, 1.807) is 54.6 Å². The van der Waals surface area contributed by atoms with Crippen LogP contribution in [0.15, 0.2) is 101 Å². The topological polar surface area (TPSA) is 99.4 Å². The van der Waals surface area contributed by atoms with Crippen LogP contribution < -0.4 is 14.8 Å². The first-order chi connectivity index (χ1) is 18.1. The number of hydrogen-bond acceptors (Lipinski definition) is 7. The molecule has 6 rings (SSSR count). The van der Waals surface area contributed by atoms with Gasteiger partial charge in [-0.1, -0.05) is 53.7 Å². The molecule has 37 heavy (non-hydrogen) atoms. The van der Waals surface area contributed by atoms with E-state index in [-0.39, 0.29) is 5.76 Å². The minimum Gasteiger partial charge on any atom is -0.493 e. The second-order valence-corrected chi connectivity index (χ2v) is 8.72. The Labute approximate surface area is 212 Å². The van der Waals surface area contributed by atoms with Crippen LogP contribution in [0.1, 0.15) is 27.2 Å². The van der Waals surface area contributed by atoms with Gasteiger partial charge in [-0.05, 0) is 42.0 Å². The lowest BCUT2D eigenvalue weighted by atomic mass is 9.75. The summed E-state index contributed by atoms with van der Waals surface area (Å²) in [5.41, 5.74) is 1.32. The molecule has 0 saturated heterocycles. The molecule has 0 fully saturated rings. The molecule has 8 nitrogen and oxygen atoms in total. The molecule has 0 radical (unpaired) electrons. The Morgan fingerprint density at radius 1 is 1.00 bits per heavy atom. The van der Waals surface area contributed by atoms with Crippen molar-refractivity contribution >= 4 is 23.1 Å². The highest BCUT2D eigenvalue weighted by Crippen LogP contribution is 2.50. The molecule has 1 N–H and O–H groups in total. The van der Waals surface area contributed by atoms with Crippen LogP contribution in [0.4, 0.5) is 5.69 Å². The number of rotatable bonds is 7. The molecule has 3 heterocycles. The maximum atomic E-state index is 13.8. The molecule has 184 valence electrons. The predicted octanol–water partition coefficient (Wildman–Crippen LogP) is 4.95. The summed E-state index contributed by atoms with van der Waals surface area (Å²) in [6.45, 7) is 0.361. The summed E-state index contributed by atoms with van der Waals surface area (Å²) in [6.07, 6.45) is 1.41. The van der Waals surface area contributed by atoms with Crippen molar-refractivity contribution in [3.63, 3.8) is 0 Å². The summed E-state index contributed by atoms with van der Waals surface area (Å²) in [5, 5.41) is 7.13. The Hall–Kier alpha value is -4.85. The molecule has 2 atom stereocenters. The first-order valence-corrected chi connectivity index (χ1v) is 11.7. The van der Waals surface area contributed by atoms with Gasteiger partial charge < -0.3 is 24.0 Å². The van der Waals surface area contributed by atoms with E-state index in [1.807, 2.05) is 30.3 Å². The Morgan fingerprint density at radius 2 is 1.81 bits per heavy atom. The van der Waals surface area contributed by atoms with Crippen LogP contribution in [-0.4, -0.2) is 24.5 Å². The first-order valence-electron chi connectivity index (χ1n) is 11.7. The summed E-state index contributed by atoms with van der Waals surface area (Å²) in [6, 6.07) is 25.3. The maximum Gasteiger partial charge on any atom is 0.277 e. The number of anilines is 1. The van der Waals surface area contributed by atoms with Gasteiger partial charge in [0.15, 0.2) is 17.3 Å². The zero-order chi connectivity index (χ0) is 25.4. The second-order valence-electron chi connectivity index (χ2n) is 8.72. The Morgan fingerprint density at radius 3 is 2.59 bits per heavy atom. The van der Waals surface area contributed by atoms with Crippen molar-refractivity contribution in [3.05, 3.63) is 114 Å². The lowest BCUT2D eigenvalue weighted by molar-refractivity contribution is -0.140. The van der Waals surface area contributed by atoms with Crippen LogP contribution in [0.3, 0.4) is 0 Å². The maximum absolute atomic E-state index is 13.8. The summed E-state index contributed by atoms with van der Waals surface area (Å²) < 4.78 is 17.0. The molecule has 1 amide bonds. The summed E-state index contributed by atoms with van der Waals surface area (Å²) >= 11 is 0. The SMILES string of the molecule is COc1cc(C2=NOC3(C(=O)Nc4ccccc43)C2C(=O)c2ccco2)ccc1OCc1ccccc1. The third-order valence-electron chi connectivity index (χ3n) is 6.60. The Kier molecular flexibility index (Phi) is 5.49. The number of ketones is 1. The van der Waals surface area contributed by atoms with Gasteiger partial charge in [0.2, 0.25) is 5.78 Å². The van der Waals surface area contributed by atoms with Crippen LogP contribution in [-0.2, 0) is 21.8 Å². The molecule has 0 bridgehead atoms. The van der Waals surface area contributed by atoms with Gasteiger partial charge in [0.1, 0.15) is 18.2 Å². The van der Waals surface area contributed by atoms with Crippen molar-refractivity contribution in [2.75, 3.05) is 12.4 Å². The minimum absolute atomic E-state index is 0.106. The normalized spacial score (nSPS) is 19.6. The quantitative estimate of drug-likeness (QED) is 0.365. The zero-order valence-corrected chi connectivity index (χ0v) is 19.8. The number of ether oxygens (including phenoxy) is 2. The molecule has 4 aromatic rings. The van der Waals surface area contributed by atoms with Crippen LogP contribution in [0.2, 0.25) is 0 Å². The van der Waals surface area contributed by atoms with Gasteiger partial charge in [-0.2, -0.15) is 0 Å².